The van der Waals surface area contributed by atoms with Crippen molar-refractivity contribution in [3.05, 3.63) is 0 Å². The van der Waals surface area contributed by atoms with Crippen LogP contribution in [0.15, 0.2) is 9.98 Å². The highest BCUT2D eigenvalue weighted by Crippen LogP contribution is 2.15. The van der Waals surface area contributed by atoms with E-state index in [-0.39, 0.29) is 6.67 Å². The summed E-state index contributed by atoms with van der Waals surface area (Å²) in [7, 11) is 0. The van der Waals surface area contributed by atoms with E-state index in [4.69, 9.17) is 0 Å². The van der Waals surface area contributed by atoms with Gasteiger partial charge in [-0.3, -0.25) is 0 Å². The third-order valence-corrected chi connectivity index (χ3v) is 1.77. The summed E-state index contributed by atoms with van der Waals surface area (Å²) in [6, 6.07) is 0. The molecule has 0 aromatic heterocycles. The minimum Gasteiger partial charge on any atom is -0.211 e. The quantitative estimate of drug-likeness (QED) is 0.484. The number of hydrogen-bond acceptors (Lipinski definition) is 4. The molecule has 0 radical (unpaired) electrons. The fourth-order valence-electron chi connectivity index (χ4n) is 1.15. The van der Waals surface area contributed by atoms with Gasteiger partial charge in [-0.15, -0.1) is 0 Å². The topological polar surface area (TPSA) is 58.9 Å². The van der Waals surface area contributed by atoms with Crippen LogP contribution in [-0.4, -0.2) is 18.8 Å². The van der Waals surface area contributed by atoms with Gasteiger partial charge in [0.25, 0.3) is 0 Å². The van der Waals surface area contributed by atoms with Crippen LogP contribution in [0.1, 0.15) is 38.5 Å². The molecular formula is C9H14N2O2. The summed E-state index contributed by atoms with van der Waals surface area (Å²) in [6.07, 6.45) is 11.4. The van der Waals surface area contributed by atoms with E-state index in [1.807, 2.05) is 0 Å². The summed E-state index contributed by atoms with van der Waals surface area (Å²) in [5, 5.41) is 0. The third-order valence-electron chi connectivity index (χ3n) is 1.77. The van der Waals surface area contributed by atoms with Crippen molar-refractivity contribution in [1.29, 1.82) is 0 Å². The standard InChI is InChI=1S/C6H12.C3H2N2O2/c1-2-4-6-5-3-1;6-2-4-1-5-3-7/h1-6H2;1H2. The monoisotopic (exact) mass is 182 g/mol. The van der Waals surface area contributed by atoms with Crippen molar-refractivity contribution >= 4 is 12.2 Å². The van der Waals surface area contributed by atoms with Crippen molar-refractivity contribution in [1.82, 2.24) is 0 Å². The molecule has 4 heteroatoms. The van der Waals surface area contributed by atoms with Gasteiger partial charge in [-0.1, -0.05) is 38.5 Å². The first-order valence-electron chi connectivity index (χ1n) is 4.49. The summed E-state index contributed by atoms with van der Waals surface area (Å²) < 4.78 is 0. The van der Waals surface area contributed by atoms with Crippen molar-refractivity contribution in [2.75, 3.05) is 6.67 Å². The van der Waals surface area contributed by atoms with Crippen molar-refractivity contribution in [3.63, 3.8) is 0 Å². The highest BCUT2D eigenvalue weighted by atomic mass is 16.1. The van der Waals surface area contributed by atoms with Crippen LogP contribution in [0.5, 0.6) is 0 Å². The number of rotatable bonds is 2. The Balaban J connectivity index is 0.000000223. The normalized spacial score (nSPS) is 14.2. The van der Waals surface area contributed by atoms with E-state index in [1.165, 1.54) is 50.7 Å². The molecule has 0 aromatic carbocycles. The lowest BCUT2D eigenvalue weighted by Gasteiger charge is -2.05. The molecule has 0 aromatic rings. The molecule has 13 heavy (non-hydrogen) atoms. The Morgan fingerprint density at radius 2 is 1.08 bits per heavy atom. The molecule has 1 aliphatic rings. The lowest BCUT2D eigenvalue weighted by atomic mass is 10.0. The molecule has 72 valence electrons. The minimum atomic E-state index is -0.160. The fraction of sp³-hybridized carbons (Fsp3) is 0.778. The number of hydrogen-bond donors (Lipinski definition) is 0. The molecule has 0 aliphatic heterocycles. The Morgan fingerprint density at radius 3 is 1.31 bits per heavy atom. The van der Waals surface area contributed by atoms with Gasteiger partial charge >= 0.3 is 0 Å². The van der Waals surface area contributed by atoms with Gasteiger partial charge in [0, 0.05) is 0 Å². The molecule has 0 bridgehead atoms. The maximum Gasteiger partial charge on any atom is 0.236 e. The second-order valence-electron chi connectivity index (χ2n) is 2.76. The van der Waals surface area contributed by atoms with E-state index in [2.05, 4.69) is 9.98 Å². The van der Waals surface area contributed by atoms with Gasteiger partial charge in [0.1, 0.15) is 0 Å². The van der Waals surface area contributed by atoms with Gasteiger partial charge in [-0.05, 0) is 0 Å². The number of carbonyl (C=O) groups excluding carboxylic acids is 2. The van der Waals surface area contributed by atoms with Crippen molar-refractivity contribution in [2.24, 2.45) is 9.98 Å². The van der Waals surface area contributed by atoms with Gasteiger partial charge in [-0.2, -0.15) is 9.98 Å². The van der Waals surface area contributed by atoms with Crippen LogP contribution in [0.4, 0.5) is 0 Å². The van der Waals surface area contributed by atoms with Crippen LogP contribution in [0.25, 0.3) is 0 Å². The zero-order chi connectivity index (χ0) is 9.78. The molecule has 0 atom stereocenters. The summed E-state index contributed by atoms with van der Waals surface area (Å²) >= 11 is 0. The summed E-state index contributed by atoms with van der Waals surface area (Å²) in [4.78, 5) is 24.2. The SMILES string of the molecule is C1CCCCC1.O=C=NCN=C=O. The van der Waals surface area contributed by atoms with Crippen LogP contribution in [-0.2, 0) is 9.59 Å². The maximum atomic E-state index is 9.20. The Morgan fingerprint density at radius 1 is 0.769 bits per heavy atom. The van der Waals surface area contributed by atoms with Crippen molar-refractivity contribution in [3.8, 4) is 0 Å². The highest BCUT2D eigenvalue weighted by molar-refractivity contribution is 5.35. The molecule has 1 aliphatic carbocycles. The highest BCUT2D eigenvalue weighted by Gasteiger charge is 1.95. The average Bonchev–Trinajstić information content (AvgIpc) is 2.22. The van der Waals surface area contributed by atoms with Gasteiger partial charge < -0.3 is 0 Å². The van der Waals surface area contributed by atoms with E-state index in [1.54, 1.807) is 0 Å². The maximum absolute atomic E-state index is 9.20. The first-order valence-corrected chi connectivity index (χ1v) is 4.49. The molecule has 0 amide bonds. The van der Waals surface area contributed by atoms with E-state index in [9.17, 15) is 9.59 Å². The van der Waals surface area contributed by atoms with E-state index in [0.717, 1.165) is 0 Å². The molecular weight excluding hydrogens is 168 g/mol. The van der Waals surface area contributed by atoms with Crippen LogP contribution in [0, 0.1) is 0 Å². The van der Waals surface area contributed by atoms with Crippen LogP contribution < -0.4 is 0 Å². The molecule has 1 saturated carbocycles. The predicted molar refractivity (Wildman–Crippen MR) is 48.8 cm³/mol. The first kappa shape index (κ1) is 11.8. The van der Waals surface area contributed by atoms with Crippen molar-refractivity contribution < 1.29 is 9.59 Å². The lowest BCUT2D eigenvalue weighted by Crippen LogP contribution is -1.85. The molecule has 0 heterocycles. The lowest BCUT2D eigenvalue weighted by molar-refractivity contribution is 0.504. The number of aliphatic imine (C=N–C) groups is 2. The van der Waals surface area contributed by atoms with Crippen LogP contribution in [0.3, 0.4) is 0 Å². The average molecular weight is 182 g/mol. The van der Waals surface area contributed by atoms with Crippen molar-refractivity contribution in [2.45, 2.75) is 38.5 Å². The van der Waals surface area contributed by atoms with E-state index >= 15 is 0 Å². The van der Waals surface area contributed by atoms with Crippen LogP contribution >= 0.6 is 0 Å². The zero-order valence-corrected chi connectivity index (χ0v) is 7.66. The van der Waals surface area contributed by atoms with Gasteiger partial charge in [0.05, 0.1) is 0 Å². The third kappa shape index (κ3) is 10.8. The molecule has 1 rings (SSSR count). The molecule has 0 N–H and O–H groups in total. The predicted octanol–water partition coefficient (Wildman–Crippen LogP) is 1.96. The second kappa shape index (κ2) is 10.8. The summed E-state index contributed by atoms with van der Waals surface area (Å²) in [5.41, 5.74) is 0. The number of nitrogens with zero attached hydrogens (tertiary/aromatic N) is 2. The van der Waals surface area contributed by atoms with Gasteiger partial charge in [-0.25, -0.2) is 9.59 Å². The Labute approximate surface area is 77.8 Å². The Kier molecular flexibility index (Phi) is 9.73. The Hall–Kier alpha value is -1.24. The molecule has 4 nitrogen and oxygen atoms in total. The van der Waals surface area contributed by atoms with Gasteiger partial charge in [0.15, 0.2) is 6.67 Å². The zero-order valence-electron chi connectivity index (χ0n) is 7.66. The number of isocyanates is 2. The first-order chi connectivity index (χ1) is 6.41. The summed E-state index contributed by atoms with van der Waals surface area (Å²) in [5.74, 6) is 0. The molecule has 0 saturated heterocycles. The van der Waals surface area contributed by atoms with E-state index < -0.39 is 0 Å². The molecule has 0 unspecified atom stereocenters. The smallest absolute Gasteiger partial charge is 0.211 e. The Bertz CT molecular complexity index is 172. The minimum absolute atomic E-state index is 0.160. The largest absolute Gasteiger partial charge is 0.236 e. The fourth-order valence-corrected chi connectivity index (χ4v) is 1.15. The van der Waals surface area contributed by atoms with E-state index in [0.29, 0.717) is 0 Å². The second-order valence-corrected chi connectivity index (χ2v) is 2.76. The molecule has 0 spiro atoms. The molecule has 1 fully saturated rings. The van der Waals surface area contributed by atoms with Crippen LogP contribution in [0.2, 0.25) is 0 Å². The summed E-state index contributed by atoms with van der Waals surface area (Å²) in [6.45, 7) is -0.160. The van der Waals surface area contributed by atoms with Gasteiger partial charge in [0.2, 0.25) is 12.2 Å².